The third-order valence-electron chi connectivity index (χ3n) is 4.23. The number of nitrogens with one attached hydrogen (secondary N) is 1. The van der Waals surface area contributed by atoms with E-state index in [0.717, 1.165) is 24.7 Å². The molecule has 1 N–H and O–H groups in total. The molecule has 0 amide bonds. The Balaban J connectivity index is 1.86. The zero-order valence-electron chi connectivity index (χ0n) is 14.1. The summed E-state index contributed by atoms with van der Waals surface area (Å²) in [5, 5.41) is 0.148. The summed E-state index contributed by atoms with van der Waals surface area (Å²) < 4.78 is 47.6. The van der Waals surface area contributed by atoms with E-state index in [1.54, 1.807) is 0 Å². The van der Waals surface area contributed by atoms with E-state index in [-0.39, 0.29) is 5.02 Å². The van der Waals surface area contributed by atoms with Crippen LogP contribution in [0.1, 0.15) is 11.6 Å². The summed E-state index contributed by atoms with van der Waals surface area (Å²) in [6.07, 6.45) is 0. The highest BCUT2D eigenvalue weighted by molar-refractivity contribution is 7.89. The Hall–Kier alpha value is -1.51. The number of hydrogen-bond acceptors (Lipinski definition) is 4. The van der Waals surface area contributed by atoms with Crippen LogP contribution in [-0.4, -0.2) is 46.2 Å². The maximum Gasteiger partial charge on any atom is 0.244 e. The van der Waals surface area contributed by atoms with Crippen molar-refractivity contribution >= 4 is 21.6 Å². The molecule has 26 heavy (non-hydrogen) atoms. The van der Waals surface area contributed by atoms with Crippen LogP contribution in [0.15, 0.2) is 53.4 Å². The molecule has 140 valence electrons. The number of morpholine rings is 1. The first-order valence-electron chi connectivity index (χ1n) is 8.28. The van der Waals surface area contributed by atoms with E-state index in [9.17, 15) is 12.8 Å². The van der Waals surface area contributed by atoms with Crippen LogP contribution in [0.3, 0.4) is 0 Å². The Bertz CT molecular complexity index is 843. The van der Waals surface area contributed by atoms with E-state index < -0.39 is 26.8 Å². The van der Waals surface area contributed by atoms with Crippen LogP contribution < -0.4 is 4.72 Å². The minimum absolute atomic E-state index is 0.148. The monoisotopic (exact) mass is 398 g/mol. The molecule has 1 aliphatic heterocycles. The Morgan fingerprint density at radius 3 is 2.50 bits per heavy atom. The van der Waals surface area contributed by atoms with E-state index in [1.807, 2.05) is 30.3 Å². The average Bonchev–Trinajstić information content (AvgIpc) is 2.62. The molecule has 0 unspecified atom stereocenters. The number of rotatable bonds is 6. The van der Waals surface area contributed by atoms with Gasteiger partial charge in [-0.15, -0.1) is 0 Å². The molecular weight excluding hydrogens is 379 g/mol. The van der Waals surface area contributed by atoms with Crippen LogP contribution >= 0.6 is 11.6 Å². The van der Waals surface area contributed by atoms with Gasteiger partial charge in [-0.05, 0) is 23.8 Å². The molecule has 0 radical (unpaired) electrons. The van der Waals surface area contributed by atoms with Crippen LogP contribution in [0.2, 0.25) is 5.02 Å². The highest BCUT2D eigenvalue weighted by Gasteiger charge is 2.26. The first kappa shape index (κ1) is 19.3. The fraction of sp³-hybridized carbons (Fsp3) is 0.333. The lowest BCUT2D eigenvalue weighted by atomic mass is 10.1. The lowest BCUT2D eigenvalue weighted by Crippen LogP contribution is -2.43. The molecular formula is C18H20ClFN2O3S. The van der Waals surface area contributed by atoms with Gasteiger partial charge in [0, 0.05) is 24.7 Å². The maximum absolute atomic E-state index is 14.1. The zero-order chi connectivity index (χ0) is 18.6. The van der Waals surface area contributed by atoms with Crippen molar-refractivity contribution in [3.05, 3.63) is 64.9 Å². The molecule has 8 heteroatoms. The predicted molar refractivity (Wildman–Crippen MR) is 98.2 cm³/mol. The van der Waals surface area contributed by atoms with Gasteiger partial charge in [-0.25, -0.2) is 17.5 Å². The molecule has 2 aromatic rings. The molecule has 1 fully saturated rings. The van der Waals surface area contributed by atoms with Crippen molar-refractivity contribution < 1.29 is 17.5 Å². The van der Waals surface area contributed by atoms with Gasteiger partial charge < -0.3 is 4.74 Å². The fourth-order valence-electron chi connectivity index (χ4n) is 2.88. The highest BCUT2D eigenvalue weighted by Crippen LogP contribution is 2.23. The van der Waals surface area contributed by atoms with Crippen LogP contribution in [-0.2, 0) is 14.8 Å². The second kappa shape index (κ2) is 8.45. The average molecular weight is 399 g/mol. The molecule has 5 nitrogen and oxygen atoms in total. The summed E-state index contributed by atoms with van der Waals surface area (Å²) in [7, 11) is -4.05. The first-order valence-corrected chi connectivity index (χ1v) is 10.1. The van der Waals surface area contributed by atoms with Gasteiger partial charge in [0.1, 0.15) is 10.7 Å². The number of ether oxygens (including phenoxy) is 1. The van der Waals surface area contributed by atoms with Crippen molar-refractivity contribution in [3.63, 3.8) is 0 Å². The topological polar surface area (TPSA) is 58.6 Å². The molecule has 0 bridgehead atoms. The maximum atomic E-state index is 14.1. The van der Waals surface area contributed by atoms with Crippen LogP contribution in [0.5, 0.6) is 0 Å². The lowest BCUT2D eigenvalue weighted by molar-refractivity contribution is 0.0345. The quantitative estimate of drug-likeness (QED) is 0.812. The summed E-state index contributed by atoms with van der Waals surface area (Å²) in [6.45, 7) is 3.14. The SMILES string of the molecule is O=S(=O)(N[C@H](CN1CCOCC1)c1ccccc1)c1ccc(Cl)cc1F. The first-order chi connectivity index (χ1) is 12.5. The third kappa shape index (κ3) is 4.81. The summed E-state index contributed by atoms with van der Waals surface area (Å²) >= 11 is 5.72. The van der Waals surface area contributed by atoms with Crippen molar-refractivity contribution in [2.75, 3.05) is 32.8 Å². The fourth-order valence-corrected chi connectivity index (χ4v) is 4.32. The van der Waals surface area contributed by atoms with E-state index >= 15 is 0 Å². The number of benzene rings is 2. The zero-order valence-corrected chi connectivity index (χ0v) is 15.6. The van der Waals surface area contributed by atoms with Crippen molar-refractivity contribution in [2.24, 2.45) is 0 Å². The summed E-state index contributed by atoms with van der Waals surface area (Å²) in [4.78, 5) is 1.71. The lowest BCUT2D eigenvalue weighted by Gasteiger charge is -2.31. The Kier molecular flexibility index (Phi) is 6.26. The van der Waals surface area contributed by atoms with Gasteiger partial charge in [0.05, 0.1) is 19.3 Å². The van der Waals surface area contributed by atoms with E-state index in [0.29, 0.717) is 19.8 Å². The second-order valence-corrected chi connectivity index (χ2v) is 8.19. The van der Waals surface area contributed by atoms with Crippen molar-refractivity contribution in [3.8, 4) is 0 Å². The summed E-state index contributed by atoms with van der Waals surface area (Å²) in [6, 6.07) is 12.3. The Morgan fingerprint density at radius 1 is 1.15 bits per heavy atom. The van der Waals surface area contributed by atoms with E-state index in [2.05, 4.69) is 9.62 Å². The molecule has 1 heterocycles. The molecule has 0 aromatic heterocycles. The van der Waals surface area contributed by atoms with Crippen molar-refractivity contribution in [2.45, 2.75) is 10.9 Å². The van der Waals surface area contributed by atoms with Gasteiger partial charge in [0.2, 0.25) is 10.0 Å². The standard InChI is InChI=1S/C18H20ClFN2O3S/c19-15-6-7-18(16(20)12-15)26(23,24)21-17(14-4-2-1-3-5-14)13-22-8-10-25-11-9-22/h1-7,12,17,21H,8-11,13H2/t17-/m1/s1. The van der Waals surface area contributed by atoms with Gasteiger partial charge in [-0.2, -0.15) is 0 Å². The van der Waals surface area contributed by atoms with Crippen LogP contribution in [0, 0.1) is 5.82 Å². The second-order valence-electron chi connectivity index (χ2n) is 6.07. The van der Waals surface area contributed by atoms with E-state index in [4.69, 9.17) is 16.3 Å². The van der Waals surface area contributed by atoms with Gasteiger partial charge in [-0.1, -0.05) is 41.9 Å². The molecule has 1 atom stereocenters. The number of sulfonamides is 1. The normalized spacial score (nSPS) is 17.2. The number of nitrogens with zero attached hydrogens (tertiary/aromatic N) is 1. The third-order valence-corrected chi connectivity index (χ3v) is 5.97. The molecule has 3 rings (SSSR count). The number of halogens is 2. The molecule has 2 aromatic carbocycles. The van der Waals surface area contributed by atoms with Gasteiger partial charge >= 0.3 is 0 Å². The molecule has 0 aliphatic carbocycles. The molecule has 1 saturated heterocycles. The Labute approximate surface area is 157 Å². The van der Waals surface area contributed by atoms with Crippen molar-refractivity contribution in [1.82, 2.24) is 9.62 Å². The minimum atomic E-state index is -4.05. The van der Waals surface area contributed by atoms with Gasteiger partial charge in [0.15, 0.2) is 0 Å². The van der Waals surface area contributed by atoms with Crippen LogP contribution in [0.25, 0.3) is 0 Å². The van der Waals surface area contributed by atoms with Crippen molar-refractivity contribution in [1.29, 1.82) is 0 Å². The molecule has 0 spiro atoms. The predicted octanol–water partition coefficient (Wildman–Crippen LogP) is 2.83. The Morgan fingerprint density at radius 2 is 1.85 bits per heavy atom. The molecule has 0 saturated carbocycles. The summed E-state index contributed by atoms with van der Waals surface area (Å²) in [5.74, 6) is -0.872. The van der Waals surface area contributed by atoms with Crippen LogP contribution in [0.4, 0.5) is 4.39 Å². The number of hydrogen-bond donors (Lipinski definition) is 1. The molecule has 1 aliphatic rings. The largest absolute Gasteiger partial charge is 0.379 e. The highest BCUT2D eigenvalue weighted by atomic mass is 35.5. The smallest absolute Gasteiger partial charge is 0.244 e. The summed E-state index contributed by atoms with van der Waals surface area (Å²) in [5.41, 5.74) is 0.817. The van der Waals surface area contributed by atoms with Gasteiger partial charge in [-0.3, -0.25) is 4.90 Å². The minimum Gasteiger partial charge on any atom is -0.379 e. The van der Waals surface area contributed by atoms with E-state index in [1.165, 1.54) is 12.1 Å². The van der Waals surface area contributed by atoms with Gasteiger partial charge in [0.25, 0.3) is 0 Å².